The number of aromatic nitrogens is 2. The molecule has 0 atom stereocenters. The Morgan fingerprint density at radius 1 is 1.22 bits per heavy atom. The third-order valence-electron chi connectivity index (χ3n) is 2.17. The van der Waals surface area contributed by atoms with Crippen LogP contribution in [0, 0.1) is 9.39 Å². The summed E-state index contributed by atoms with van der Waals surface area (Å²) in [5.41, 5.74) is 4.69. The van der Waals surface area contributed by atoms with Crippen LogP contribution in [-0.2, 0) is 6.18 Å². The van der Waals surface area contributed by atoms with Gasteiger partial charge in [0.2, 0.25) is 0 Å². The van der Waals surface area contributed by atoms with E-state index in [4.69, 9.17) is 5.73 Å². The predicted octanol–water partition coefficient (Wildman–Crippen LogP) is 3.22. The second kappa shape index (κ2) is 4.41. The van der Waals surface area contributed by atoms with Gasteiger partial charge in [-0.3, -0.25) is 0 Å². The Labute approximate surface area is 113 Å². The van der Waals surface area contributed by atoms with Crippen molar-refractivity contribution in [3.63, 3.8) is 0 Å². The van der Waals surface area contributed by atoms with Crippen molar-refractivity contribution < 1.29 is 17.6 Å². The summed E-state index contributed by atoms with van der Waals surface area (Å²) in [6.45, 7) is 0. The summed E-state index contributed by atoms with van der Waals surface area (Å²) >= 11 is 1.80. The Morgan fingerprint density at radius 3 is 2.39 bits per heavy atom. The highest BCUT2D eigenvalue weighted by Crippen LogP contribution is 2.31. The average molecular weight is 371 g/mol. The monoisotopic (exact) mass is 371 g/mol. The maximum Gasteiger partial charge on any atom is 0.435 e. The summed E-state index contributed by atoms with van der Waals surface area (Å²) in [5.74, 6) is -0.642. The molecule has 2 aromatic rings. The Morgan fingerprint density at radius 2 is 1.89 bits per heavy atom. The van der Waals surface area contributed by atoms with Crippen LogP contribution in [0.15, 0.2) is 24.3 Å². The van der Waals surface area contributed by atoms with Crippen molar-refractivity contribution in [2.75, 3.05) is 5.73 Å². The van der Waals surface area contributed by atoms with Gasteiger partial charge < -0.3 is 5.73 Å². The lowest BCUT2D eigenvalue weighted by atomic mass is 10.3. The topological polar surface area (TPSA) is 43.8 Å². The molecular weight excluding hydrogens is 365 g/mol. The molecule has 1 aromatic carbocycles. The lowest BCUT2D eigenvalue weighted by Crippen LogP contribution is -2.08. The van der Waals surface area contributed by atoms with Gasteiger partial charge in [0.25, 0.3) is 0 Å². The molecule has 0 aliphatic rings. The molecule has 0 spiro atoms. The van der Waals surface area contributed by atoms with Crippen molar-refractivity contribution in [2.45, 2.75) is 6.18 Å². The number of nitrogens with zero attached hydrogens (tertiary/aromatic N) is 2. The molecule has 0 aliphatic carbocycles. The van der Waals surface area contributed by atoms with E-state index in [1.807, 2.05) is 0 Å². The fourth-order valence-electron chi connectivity index (χ4n) is 1.38. The third-order valence-corrected chi connectivity index (χ3v) is 3.03. The molecule has 18 heavy (non-hydrogen) atoms. The van der Waals surface area contributed by atoms with Gasteiger partial charge >= 0.3 is 6.18 Å². The molecular formula is C10H6F4IN3. The summed E-state index contributed by atoms with van der Waals surface area (Å²) in [6.07, 6.45) is -4.56. The first-order chi connectivity index (χ1) is 8.29. The van der Waals surface area contributed by atoms with Crippen LogP contribution >= 0.6 is 22.6 Å². The average Bonchev–Trinajstić information content (AvgIpc) is 2.60. The molecule has 1 heterocycles. The molecule has 96 valence electrons. The lowest BCUT2D eigenvalue weighted by Gasteiger charge is -2.06. The molecule has 0 aliphatic heterocycles. The number of benzene rings is 1. The minimum Gasteiger partial charge on any atom is -0.384 e. The summed E-state index contributed by atoms with van der Waals surface area (Å²) in [5, 5.41) is 3.38. The number of hydrogen-bond acceptors (Lipinski definition) is 2. The second-order valence-electron chi connectivity index (χ2n) is 3.46. The summed E-state index contributed by atoms with van der Waals surface area (Å²) in [7, 11) is 0. The molecule has 3 nitrogen and oxygen atoms in total. The first-order valence-electron chi connectivity index (χ1n) is 4.67. The Hall–Kier alpha value is -1.32. The van der Waals surface area contributed by atoms with Gasteiger partial charge in [-0.1, -0.05) is 0 Å². The van der Waals surface area contributed by atoms with Crippen LogP contribution in [0.25, 0.3) is 5.69 Å². The van der Waals surface area contributed by atoms with Crippen LogP contribution in [0.5, 0.6) is 0 Å². The number of rotatable bonds is 1. The van der Waals surface area contributed by atoms with Crippen molar-refractivity contribution in [1.82, 2.24) is 9.78 Å². The number of anilines is 1. The quantitative estimate of drug-likeness (QED) is 0.618. The van der Waals surface area contributed by atoms with E-state index in [9.17, 15) is 17.6 Å². The zero-order valence-corrected chi connectivity index (χ0v) is 10.8. The standard InChI is InChI=1S/C10H6F4IN3/c11-5-1-2-7(6(15)3-5)18-9(16)4-8(17-18)10(12,13)14/h1-4H,16H2. The maximum absolute atomic E-state index is 12.9. The van der Waals surface area contributed by atoms with E-state index in [1.165, 1.54) is 12.1 Å². The summed E-state index contributed by atoms with van der Waals surface area (Å²) in [6, 6.07) is 4.37. The highest BCUT2D eigenvalue weighted by Gasteiger charge is 2.35. The number of nitrogen functional groups attached to an aromatic ring is 1. The van der Waals surface area contributed by atoms with Gasteiger partial charge in [0.05, 0.1) is 5.69 Å². The zero-order valence-electron chi connectivity index (χ0n) is 8.67. The van der Waals surface area contributed by atoms with Crippen LogP contribution in [0.1, 0.15) is 5.69 Å². The Bertz CT molecular complexity index is 591. The van der Waals surface area contributed by atoms with Gasteiger partial charge in [0.15, 0.2) is 5.69 Å². The van der Waals surface area contributed by atoms with E-state index >= 15 is 0 Å². The largest absolute Gasteiger partial charge is 0.435 e. The van der Waals surface area contributed by atoms with Crippen LogP contribution in [0.4, 0.5) is 23.4 Å². The zero-order chi connectivity index (χ0) is 13.5. The van der Waals surface area contributed by atoms with E-state index in [-0.39, 0.29) is 5.82 Å². The third kappa shape index (κ3) is 2.42. The van der Waals surface area contributed by atoms with Crippen molar-refractivity contribution in [3.8, 4) is 5.69 Å². The molecule has 8 heteroatoms. The number of hydrogen-bond donors (Lipinski definition) is 1. The molecule has 0 fully saturated rings. The molecule has 1 aromatic heterocycles. The number of nitrogens with two attached hydrogens (primary N) is 1. The van der Waals surface area contributed by atoms with Crippen LogP contribution in [-0.4, -0.2) is 9.78 Å². The fraction of sp³-hybridized carbons (Fsp3) is 0.100. The SMILES string of the molecule is Nc1cc(C(F)(F)F)nn1-c1ccc(F)cc1I. The van der Waals surface area contributed by atoms with Crippen molar-refractivity contribution in [3.05, 3.63) is 39.3 Å². The van der Waals surface area contributed by atoms with Gasteiger partial charge in [-0.15, -0.1) is 0 Å². The minimum atomic E-state index is -4.56. The first-order valence-corrected chi connectivity index (χ1v) is 5.75. The molecule has 0 radical (unpaired) electrons. The van der Waals surface area contributed by atoms with E-state index in [0.29, 0.717) is 9.26 Å². The molecule has 0 bridgehead atoms. The summed E-state index contributed by atoms with van der Waals surface area (Å²) in [4.78, 5) is 0. The van der Waals surface area contributed by atoms with E-state index in [0.717, 1.165) is 16.8 Å². The van der Waals surface area contributed by atoms with Gasteiger partial charge in [-0.25, -0.2) is 9.07 Å². The lowest BCUT2D eigenvalue weighted by molar-refractivity contribution is -0.141. The number of alkyl halides is 3. The second-order valence-corrected chi connectivity index (χ2v) is 4.62. The van der Waals surface area contributed by atoms with Crippen LogP contribution in [0.2, 0.25) is 0 Å². The first kappa shape index (κ1) is 13.1. The fourth-order valence-corrected chi connectivity index (χ4v) is 2.09. The van der Waals surface area contributed by atoms with Crippen molar-refractivity contribution >= 4 is 28.4 Å². The van der Waals surface area contributed by atoms with E-state index in [2.05, 4.69) is 5.10 Å². The summed E-state index contributed by atoms with van der Waals surface area (Å²) < 4.78 is 51.7. The van der Waals surface area contributed by atoms with Crippen LogP contribution in [0.3, 0.4) is 0 Å². The molecule has 2 rings (SSSR count). The maximum atomic E-state index is 12.9. The van der Waals surface area contributed by atoms with E-state index < -0.39 is 17.7 Å². The molecule has 0 saturated carbocycles. The van der Waals surface area contributed by atoms with Crippen molar-refractivity contribution in [1.29, 1.82) is 0 Å². The Kier molecular flexibility index (Phi) is 3.21. The van der Waals surface area contributed by atoms with Crippen LogP contribution < -0.4 is 5.73 Å². The van der Waals surface area contributed by atoms with Gasteiger partial charge in [0.1, 0.15) is 11.6 Å². The van der Waals surface area contributed by atoms with Gasteiger partial charge in [-0.05, 0) is 40.8 Å². The van der Waals surface area contributed by atoms with E-state index in [1.54, 1.807) is 22.6 Å². The molecule has 0 unspecified atom stereocenters. The normalized spacial score (nSPS) is 11.8. The molecule has 2 N–H and O–H groups in total. The smallest absolute Gasteiger partial charge is 0.384 e. The molecule has 0 amide bonds. The Balaban J connectivity index is 2.55. The van der Waals surface area contributed by atoms with Gasteiger partial charge in [0, 0.05) is 9.64 Å². The van der Waals surface area contributed by atoms with Gasteiger partial charge in [-0.2, -0.15) is 18.3 Å². The molecule has 0 saturated heterocycles. The van der Waals surface area contributed by atoms with Crippen molar-refractivity contribution in [2.24, 2.45) is 0 Å². The predicted molar refractivity (Wildman–Crippen MR) is 65.7 cm³/mol. The minimum absolute atomic E-state index is 0.160. The number of halogens is 5. The highest BCUT2D eigenvalue weighted by molar-refractivity contribution is 14.1. The highest BCUT2D eigenvalue weighted by atomic mass is 127.